The molecule has 0 saturated heterocycles. The van der Waals surface area contributed by atoms with Crippen LogP contribution in [0.25, 0.3) is 6.08 Å². The minimum absolute atomic E-state index is 0.0978. The van der Waals surface area contributed by atoms with E-state index in [1.807, 2.05) is 30.3 Å². The molecule has 5 heteroatoms. The lowest BCUT2D eigenvalue weighted by molar-refractivity contribution is -0.124. The summed E-state index contributed by atoms with van der Waals surface area (Å²) in [5.41, 5.74) is 1.69. The number of benzene rings is 2. The first kappa shape index (κ1) is 16.4. The number of amides is 2. The molecule has 0 atom stereocenters. The molecule has 4 nitrogen and oxygen atoms in total. The molecule has 2 rings (SSSR count). The van der Waals surface area contributed by atoms with E-state index in [9.17, 15) is 14.0 Å². The zero-order valence-corrected chi connectivity index (χ0v) is 12.5. The van der Waals surface area contributed by atoms with E-state index >= 15 is 0 Å². The van der Waals surface area contributed by atoms with E-state index in [1.54, 1.807) is 18.2 Å². The molecular weight excluding hydrogens is 295 g/mol. The Morgan fingerprint density at radius 1 is 0.957 bits per heavy atom. The summed E-state index contributed by atoms with van der Waals surface area (Å²) in [5.74, 6) is -0.983. The molecule has 2 aromatic rings. The topological polar surface area (TPSA) is 58.2 Å². The van der Waals surface area contributed by atoms with Crippen LogP contribution in [0.2, 0.25) is 0 Å². The Kier molecular flexibility index (Phi) is 6.06. The molecule has 0 saturated carbocycles. The Bertz CT molecular complexity index is 682. The lowest BCUT2D eigenvalue weighted by Gasteiger charge is -2.05. The van der Waals surface area contributed by atoms with Gasteiger partial charge in [-0.25, -0.2) is 4.39 Å². The van der Waals surface area contributed by atoms with Crippen LogP contribution in [0.1, 0.15) is 11.1 Å². The zero-order chi connectivity index (χ0) is 16.5. The molecule has 0 spiro atoms. The van der Waals surface area contributed by atoms with Crippen molar-refractivity contribution in [3.05, 3.63) is 77.6 Å². The van der Waals surface area contributed by atoms with E-state index in [4.69, 9.17) is 0 Å². The van der Waals surface area contributed by atoms with Gasteiger partial charge in [-0.1, -0.05) is 42.5 Å². The van der Waals surface area contributed by atoms with Crippen molar-refractivity contribution < 1.29 is 14.0 Å². The number of halogens is 1. The molecule has 2 aromatic carbocycles. The molecule has 0 unspecified atom stereocenters. The van der Waals surface area contributed by atoms with E-state index in [2.05, 4.69) is 10.6 Å². The van der Waals surface area contributed by atoms with Gasteiger partial charge in [0.2, 0.25) is 11.8 Å². The SMILES string of the molecule is O=C(/C=C/c1ccc(F)cc1)NCC(=O)NCc1ccccc1. The molecule has 2 amide bonds. The second-order valence-electron chi connectivity index (χ2n) is 4.87. The molecule has 0 aliphatic carbocycles. The Morgan fingerprint density at radius 3 is 2.35 bits per heavy atom. The van der Waals surface area contributed by atoms with Gasteiger partial charge in [0, 0.05) is 12.6 Å². The Balaban J connectivity index is 1.71. The highest BCUT2D eigenvalue weighted by atomic mass is 19.1. The van der Waals surface area contributed by atoms with Crippen LogP contribution < -0.4 is 10.6 Å². The maximum atomic E-state index is 12.7. The third-order valence-electron chi connectivity index (χ3n) is 3.05. The first-order valence-corrected chi connectivity index (χ1v) is 7.15. The van der Waals surface area contributed by atoms with E-state index in [-0.39, 0.29) is 24.2 Å². The van der Waals surface area contributed by atoms with Gasteiger partial charge < -0.3 is 10.6 Å². The molecule has 0 fully saturated rings. The summed E-state index contributed by atoms with van der Waals surface area (Å²) in [6, 6.07) is 15.3. The van der Waals surface area contributed by atoms with E-state index < -0.39 is 0 Å². The van der Waals surface area contributed by atoms with E-state index in [1.165, 1.54) is 18.2 Å². The summed E-state index contributed by atoms with van der Waals surface area (Å²) in [6.45, 7) is 0.320. The summed E-state index contributed by atoms with van der Waals surface area (Å²) < 4.78 is 12.7. The van der Waals surface area contributed by atoms with Crippen LogP contribution in [0, 0.1) is 5.82 Å². The van der Waals surface area contributed by atoms with Crippen LogP contribution in [0.4, 0.5) is 4.39 Å². The first-order valence-electron chi connectivity index (χ1n) is 7.15. The second-order valence-corrected chi connectivity index (χ2v) is 4.87. The maximum absolute atomic E-state index is 12.7. The molecule has 23 heavy (non-hydrogen) atoms. The van der Waals surface area contributed by atoms with Crippen molar-refractivity contribution in [3.8, 4) is 0 Å². The number of hydrogen-bond donors (Lipinski definition) is 2. The quantitative estimate of drug-likeness (QED) is 0.804. The van der Waals surface area contributed by atoms with Crippen molar-refractivity contribution in [3.63, 3.8) is 0 Å². The minimum Gasteiger partial charge on any atom is -0.350 e. The average Bonchev–Trinajstić information content (AvgIpc) is 2.58. The van der Waals surface area contributed by atoms with Gasteiger partial charge >= 0.3 is 0 Å². The van der Waals surface area contributed by atoms with Gasteiger partial charge in [0.15, 0.2) is 0 Å². The standard InChI is InChI=1S/C18H17FN2O2/c19-16-9-6-14(7-10-16)8-11-17(22)21-13-18(23)20-12-15-4-2-1-3-5-15/h1-11H,12-13H2,(H,20,23)(H,21,22)/b11-8+. The molecular formula is C18H17FN2O2. The fourth-order valence-electron chi connectivity index (χ4n) is 1.83. The third kappa shape index (κ3) is 6.13. The van der Waals surface area contributed by atoms with Crippen LogP contribution >= 0.6 is 0 Å². The predicted molar refractivity (Wildman–Crippen MR) is 86.7 cm³/mol. The lowest BCUT2D eigenvalue weighted by Crippen LogP contribution is -2.35. The third-order valence-corrected chi connectivity index (χ3v) is 3.05. The zero-order valence-electron chi connectivity index (χ0n) is 12.5. The van der Waals surface area contributed by atoms with Crippen molar-refractivity contribution in [2.45, 2.75) is 6.54 Å². The number of carbonyl (C=O) groups is 2. The second kappa shape index (κ2) is 8.48. The number of nitrogens with one attached hydrogen (secondary N) is 2. The first-order chi connectivity index (χ1) is 11.1. The number of hydrogen-bond acceptors (Lipinski definition) is 2. The lowest BCUT2D eigenvalue weighted by atomic mass is 10.2. The average molecular weight is 312 g/mol. The molecule has 0 aromatic heterocycles. The van der Waals surface area contributed by atoms with Crippen molar-refractivity contribution in [2.24, 2.45) is 0 Å². The van der Waals surface area contributed by atoms with Crippen LogP contribution in [0.5, 0.6) is 0 Å². The molecule has 0 bridgehead atoms. The highest BCUT2D eigenvalue weighted by Gasteiger charge is 2.03. The van der Waals surface area contributed by atoms with Crippen LogP contribution in [-0.4, -0.2) is 18.4 Å². The predicted octanol–water partition coefficient (Wildman–Crippen LogP) is 2.27. The molecule has 0 radical (unpaired) electrons. The van der Waals surface area contributed by atoms with Gasteiger partial charge in [0.25, 0.3) is 0 Å². The van der Waals surface area contributed by atoms with Gasteiger partial charge in [-0.05, 0) is 29.3 Å². The normalized spacial score (nSPS) is 10.5. The number of rotatable bonds is 6. The Labute approximate surface area is 134 Å². The largest absolute Gasteiger partial charge is 0.350 e. The van der Waals surface area contributed by atoms with Crippen LogP contribution in [0.15, 0.2) is 60.7 Å². The molecule has 2 N–H and O–H groups in total. The van der Waals surface area contributed by atoms with Gasteiger partial charge in [-0.2, -0.15) is 0 Å². The molecule has 0 heterocycles. The Morgan fingerprint density at radius 2 is 1.65 bits per heavy atom. The molecule has 118 valence electrons. The summed E-state index contributed by atoms with van der Waals surface area (Å²) >= 11 is 0. The maximum Gasteiger partial charge on any atom is 0.244 e. The summed E-state index contributed by atoms with van der Waals surface area (Å²) in [7, 11) is 0. The van der Waals surface area contributed by atoms with Crippen molar-refractivity contribution in [1.29, 1.82) is 0 Å². The fraction of sp³-hybridized carbons (Fsp3) is 0.111. The summed E-state index contributed by atoms with van der Waals surface area (Å²) in [6.07, 6.45) is 2.86. The van der Waals surface area contributed by atoms with Gasteiger partial charge in [0.1, 0.15) is 5.82 Å². The summed E-state index contributed by atoms with van der Waals surface area (Å²) in [4.78, 5) is 23.3. The van der Waals surface area contributed by atoms with Gasteiger partial charge in [-0.15, -0.1) is 0 Å². The molecule has 0 aliphatic rings. The highest BCUT2D eigenvalue weighted by Crippen LogP contribution is 2.04. The van der Waals surface area contributed by atoms with Gasteiger partial charge in [-0.3, -0.25) is 9.59 Å². The monoisotopic (exact) mass is 312 g/mol. The van der Waals surface area contributed by atoms with Gasteiger partial charge in [0.05, 0.1) is 6.54 Å². The van der Waals surface area contributed by atoms with E-state index in [0.717, 1.165) is 5.56 Å². The number of carbonyl (C=O) groups excluding carboxylic acids is 2. The highest BCUT2D eigenvalue weighted by molar-refractivity contribution is 5.94. The smallest absolute Gasteiger partial charge is 0.244 e. The van der Waals surface area contributed by atoms with Crippen molar-refractivity contribution >= 4 is 17.9 Å². The van der Waals surface area contributed by atoms with Crippen LogP contribution in [-0.2, 0) is 16.1 Å². The molecule has 0 aliphatic heterocycles. The minimum atomic E-state index is -0.385. The van der Waals surface area contributed by atoms with Crippen LogP contribution in [0.3, 0.4) is 0 Å². The summed E-state index contributed by atoms with van der Waals surface area (Å²) in [5, 5.41) is 5.20. The van der Waals surface area contributed by atoms with Crippen molar-refractivity contribution in [2.75, 3.05) is 6.54 Å². The van der Waals surface area contributed by atoms with E-state index in [0.29, 0.717) is 12.1 Å². The Hall–Kier alpha value is -2.95. The van der Waals surface area contributed by atoms with Crippen molar-refractivity contribution in [1.82, 2.24) is 10.6 Å². The fourth-order valence-corrected chi connectivity index (χ4v) is 1.83.